The second-order valence-electron chi connectivity index (χ2n) is 19.2. The highest BCUT2D eigenvalue weighted by molar-refractivity contribution is 6.01. The number of carbonyl (C=O) groups excluding carboxylic acids is 2. The highest BCUT2D eigenvalue weighted by atomic mass is 16.5. The summed E-state index contributed by atoms with van der Waals surface area (Å²) >= 11 is 0. The quantitative estimate of drug-likeness (QED) is 0.0211. The number of rotatable bonds is 31. The third-order valence-electron chi connectivity index (χ3n) is 13.7. The van der Waals surface area contributed by atoms with Gasteiger partial charge in [0.05, 0.1) is 31.3 Å². The van der Waals surface area contributed by atoms with Gasteiger partial charge in [-0.05, 0) is 141 Å². The van der Waals surface area contributed by atoms with Crippen molar-refractivity contribution in [2.45, 2.75) is 173 Å². The van der Waals surface area contributed by atoms with Crippen LogP contribution in [0.25, 0.3) is 12.2 Å². The second kappa shape index (κ2) is 29.4. The van der Waals surface area contributed by atoms with Gasteiger partial charge in [0.1, 0.15) is 11.5 Å². The lowest BCUT2D eigenvalue weighted by Crippen LogP contribution is -2.44. The van der Waals surface area contributed by atoms with Crippen molar-refractivity contribution in [2.75, 3.05) is 37.9 Å². The SMILES string of the molecule is CCCCCCCCOC1CCC(COc2ccc(/C=C/C(=O)CC(c3ccc(N)cc3N)C(O)(O)C(=O)/C=C/c3ccc(OCC4CCC(OCCCCCCCC)CC4)cc3)cc2)CC1. The second-order valence-corrected chi connectivity index (χ2v) is 19.2. The van der Waals surface area contributed by atoms with E-state index in [0.29, 0.717) is 48.5 Å². The summed E-state index contributed by atoms with van der Waals surface area (Å²) in [6, 6.07) is 19.4. The van der Waals surface area contributed by atoms with Crippen LogP contribution in [-0.4, -0.2) is 66.2 Å². The predicted molar refractivity (Wildman–Crippen MR) is 272 cm³/mol. The third-order valence-corrected chi connectivity index (χ3v) is 13.7. The molecule has 0 bridgehead atoms. The number of ketones is 2. The van der Waals surface area contributed by atoms with Crippen LogP contribution in [0.5, 0.6) is 11.5 Å². The van der Waals surface area contributed by atoms with Crippen molar-refractivity contribution in [1.29, 1.82) is 0 Å². The minimum Gasteiger partial charge on any atom is -0.493 e. The summed E-state index contributed by atoms with van der Waals surface area (Å²) in [4.78, 5) is 27.0. The molecule has 0 radical (unpaired) electrons. The van der Waals surface area contributed by atoms with Gasteiger partial charge in [-0.25, -0.2) is 0 Å². The van der Waals surface area contributed by atoms with E-state index in [4.69, 9.17) is 30.4 Å². The fourth-order valence-electron chi connectivity index (χ4n) is 9.28. The molecule has 2 aliphatic rings. The number of hydrogen-bond donors (Lipinski definition) is 4. The summed E-state index contributed by atoms with van der Waals surface area (Å²) in [5, 5.41) is 22.9. The van der Waals surface area contributed by atoms with Gasteiger partial charge in [-0.2, -0.15) is 0 Å². The molecule has 2 fully saturated rings. The Balaban J connectivity index is 1.06. The maximum atomic E-state index is 13.5. The molecular weight excluding hydrogens is 841 g/mol. The van der Waals surface area contributed by atoms with E-state index in [2.05, 4.69) is 13.8 Å². The van der Waals surface area contributed by atoms with Crippen LogP contribution in [0.1, 0.15) is 171 Å². The number of benzene rings is 3. The van der Waals surface area contributed by atoms with E-state index < -0.39 is 29.7 Å². The Hall–Kier alpha value is -4.48. The summed E-state index contributed by atoms with van der Waals surface area (Å²) in [5.74, 6) is -3.27. The van der Waals surface area contributed by atoms with Gasteiger partial charge in [-0.1, -0.05) is 121 Å². The smallest absolute Gasteiger partial charge is 0.235 e. The first kappa shape index (κ1) is 53.5. The molecule has 6 N–H and O–H groups in total. The Labute approximate surface area is 401 Å². The minimum atomic E-state index is -2.95. The zero-order valence-electron chi connectivity index (χ0n) is 40.7. The van der Waals surface area contributed by atoms with Crippen molar-refractivity contribution in [3.63, 3.8) is 0 Å². The molecule has 0 aliphatic heterocycles. The average molecular weight is 923 g/mol. The Morgan fingerprint density at radius 1 is 0.612 bits per heavy atom. The van der Waals surface area contributed by atoms with Crippen molar-refractivity contribution < 1.29 is 38.7 Å². The van der Waals surface area contributed by atoms with E-state index in [-0.39, 0.29) is 11.3 Å². The van der Waals surface area contributed by atoms with Crippen molar-refractivity contribution in [1.82, 2.24) is 0 Å². The fourth-order valence-corrected chi connectivity index (χ4v) is 9.28. The Morgan fingerprint density at radius 2 is 1.06 bits per heavy atom. The number of hydrogen-bond acceptors (Lipinski definition) is 10. The number of ether oxygens (including phenoxy) is 4. The summed E-state index contributed by atoms with van der Waals surface area (Å²) in [6.45, 7) is 7.51. The molecule has 67 heavy (non-hydrogen) atoms. The van der Waals surface area contributed by atoms with E-state index in [9.17, 15) is 19.8 Å². The number of carbonyl (C=O) groups is 2. The van der Waals surface area contributed by atoms with Gasteiger partial charge in [0.15, 0.2) is 5.78 Å². The van der Waals surface area contributed by atoms with Gasteiger partial charge in [0, 0.05) is 31.0 Å². The van der Waals surface area contributed by atoms with Crippen LogP contribution >= 0.6 is 0 Å². The Morgan fingerprint density at radius 3 is 1.52 bits per heavy atom. The van der Waals surface area contributed by atoms with Crippen LogP contribution in [0.4, 0.5) is 11.4 Å². The molecule has 3 aromatic rings. The summed E-state index contributed by atoms with van der Waals surface area (Å²) < 4.78 is 24.6. The molecule has 1 atom stereocenters. The van der Waals surface area contributed by atoms with Crippen LogP contribution in [0.3, 0.4) is 0 Å². The minimum absolute atomic E-state index is 0.145. The molecule has 368 valence electrons. The van der Waals surface area contributed by atoms with Crippen molar-refractivity contribution in [2.24, 2.45) is 11.8 Å². The number of anilines is 2. The molecule has 0 aromatic heterocycles. The Bertz CT molecular complexity index is 1930. The first-order valence-electron chi connectivity index (χ1n) is 25.8. The zero-order valence-corrected chi connectivity index (χ0v) is 40.7. The van der Waals surface area contributed by atoms with Crippen molar-refractivity contribution >= 4 is 35.1 Å². The molecule has 0 amide bonds. The van der Waals surface area contributed by atoms with E-state index in [1.165, 1.54) is 88.5 Å². The largest absolute Gasteiger partial charge is 0.493 e. The Kier molecular flexibility index (Phi) is 23.5. The molecule has 2 aliphatic carbocycles. The van der Waals surface area contributed by atoms with Crippen molar-refractivity contribution in [3.8, 4) is 11.5 Å². The van der Waals surface area contributed by atoms with Gasteiger partial charge in [0.25, 0.3) is 0 Å². The lowest BCUT2D eigenvalue weighted by Gasteiger charge is -2.30. The van der Waals surface area contributed by atoms with Crippen LogP contribution in [0, 0.1) is 11.8 Å². The molecule has 2 saturated carbocycles. The van der Waals surface area contributed by atoms with Gasteiger partial charge >= 0.3 is 0 Å². The number of unbranched alkanes of at least 4 members (excludes halogenated alkanes) is 10. The molecular formula is C57H82N2O8. The van der Waals surface area contributed by atoms with E-state index in [1.54, 1.807) is 12.1 Å². The van der Waals surface area contributed by atoms with E-state index in [0.717, 1.165) is 101 Å². The molecule has 0 spiro atoms. The van der Waals surface area contributed by atoms with Crippen LogP contribution in [0.15, 0.2) is 78.9 Å². The number of nitrogens with two attached hydrogens (primary N) is 2. The standard InChI is InChI=1S/C57H82N2O8/c1-3-5-7-9-11-13-37-64-49-31-20-45(21-32-49)41-66-51-27-16-43(17-28-51)15-26-48(60)40-54(53-35-25-47(58)39-55(53)59)57(62,63)56(61)36-24-44-18-29-52(30-19-44)67-42-46-22-33-50(34-23-46)65-38-14-12-10-8-6-4-2/h15-19,24-30,35-36,39,45-46,49-50,54,62-63H,3-14,20-23,31-34,37-38,40-42,58-59H2,1-2H3/b26-15+,36-24+. The van der Waals surface area contributed by atoms with Gasteiger partial charge in [-0.3, -0.25) is 9.59 Å². The van der Waals surface area contributed by atoms with Gasteiger partial charge in [0.2, 0.25) is 11.6 Å². The summed E-state index contributed by atoms with van der Waals surface area (Å²) in [5.41, 5.74) is 14.4. The fraction of sp³-hybridized carbons (Fsp3) is 0.579. The summed E-state index contributed by atoms with van der Waals surface area (Å²) in [6.07, 6.45) is 29.9. The molecule has 5 rings (SSSR count). The molecule has 0 saturated heterocycles. The van der Waals surface area contributed by atoms with Gasteiger partial charge in [-0.15, -0.1) is 0 Å². The number of aliphatic hydroxyl groups is 2. The molecule has 0 heterocycles. The van der Waals surface area contributed by atoms with Crippen molar-refractivity contribution in [3.05, 3.63) is 95.6 Å². The average Bonchev–Trinajstić information content (AvgIpc) is 3.34. The number of allylic oxidation sites excluding steroid dienone is 1. The first-order valence-corrected chi connectivity index (χ1v) is 25.8. The topological polar surface area (TPSA) is 164 Å². The summed E-state index contributed by atoms with van der Waals surface area (Å²) in [7, 11) is 0. The number of nitrogen functional groups attached to an aromatic ring is 2. The lowest BCUT2D eigenvalue weighted by atomic mass is 9.82. The lowest BCUT2D eigenvalue weighted by molar-refractivity contribution is -0.187. The molecule has 1 unspecified atom stereocenters. The maximum absolute atomic E-state index is 13.5. The van der Waals surface area contributed by atoms with Crippen LogP contribution < -0.4 is 20.9 Å². The van der Waals surface area contributed by atoms with Crippen LogP contribution in [0.2, 0.25) is 0 Å². The molecule has 10 nitrogen and oxygen atoms in total. The predicted octanol–water partition coefficient (Wildman–Crippen LogP) is 12.2. The monoisotopic (exact) mass is 923 g/mol. The maximum Gasteiger partial charge on any atom is 0.235 e. The zero-order chi connectivity index (χ0) is 47.7. The molecule has 3 aromatic carbocycles. The van der Waals surface area contributed by atoms with E-state index >= 15 is 0 Å². The first-order chi connectivity index (χ1) is 32.5. The van der Waals surface area contributed by atoms with Crippen LogP contribution in [-0.2, 0) is 19.1 Å². The van der Waals surface area contributed by atoms with Gasteiger partial charge < -0.3 is 40.6 Å². The normalized spacial score (nSPS) is 19.5. The highest BCUT2D eigenvalue weighted by Gasteiger charge is 2.43. The highest BCUT2D eigenvalue weighted by Crippen LogP contribution is 2.36. The third kappa shape index (κ3) is 19.2. The molecule has 10 heteroatoms. The van der Waals surface area contributed by atoms with E-state index in [1.807, 2.05) is 48.5 Å².